The molecule has 3 heteroatoms. The third-order valence-corrected chi connectivity index (χ3v) is 2.26. The van der Waals surface area contributed by atoms with Crippen LogP contribution in [0.25, 0.3) is 0 Å². The van der Waals surface area contributed by atoms with Crippen molar-refractivity contribution in [3.63, 3.8) is 0 Å². The van der Waals surface area contributed by atoms with Gasteiger partial charge in [-0.2, -0.15) is 0 Å². The molecule has 1 aromatic carbocycles. The van der Waals surface area contributed by atoms with Crippen molar-refractivity contribution in [1.29, 1.82) is 0 Å². The van der Waals surface area contributed by atoms with Crippen molar-refractivity contribution in [2.75, 3.05) is 11.9 Å². The first-order valence-corrected chi connectivity index (χ1v) is 4.57. The van der Waals surface area contributed by atoms with Gasteiger partial charge in [-0.15, -0.1) is 6.58 Å². The minimum Gasteiger partial charge on any atom is -0.324 e. The molecule has 0 radical (unpaired) electrons. The van der Waals surface area contributed by atoms with E-state index < -0.39 is 0 Å². The summed E-state index contributed by atoms with van der Waals surface area (Å²) in [7, 11) is 0. The monoisotopic (exact) mass is 188 g/mol. The molecule has 1 atom stereocenters. The fraction of sp³-hybridized carbons (Fsp3) is 0.182. The van der Waals surface area contributed by atoms with Crippen LogP contribution < -0.4 is 10.6 Å². The summed E-state index contributed by atoms with van der Waals surface area (Å²) in [5.41, 5.74) is 1.92. The van der Waals surface area contributed by atoms with E-state index >= 15 is 0 Å². The van der Waals surface area contributed by atoms with Gasteiger partial charge in [-0.1, -0.05) is 24.3 Å². The van der Waals surface area contributed by atoms with E-state index in [0.29, 0.717) is 6.54 Å². The van der Waals surface area contributed by atoms with E-state index in [2.05, 4.69) is 17.2 Å². The molecule has 0 bridgehead atoms. The van der Waals surface area contributed by atoms with Gasteiger partial charge in [-0.25, -0.2) is 0 Å². The van der Waals surface area contributed by atoms with Crippen LogP contribution in [0.5, 0.6) is 0 Å². The molecule has 1 aliphatic heterocycles. The minimum atomic E-state index is -0.232. The molecule has 0 aliphatic carbocycles. The second kappa shape index (κ2) is 3.64. The van der Waals surface area contributed by atoms with E-state index in [1.165, 1.54) is 0 Å². The molecule has 2 rings (SSSR count). The Morgan fingerprint density at radius 1 is 1.50 bits per heavy atom. The minimum absolute atomic E-state index is 0.00745. The van der Waals surface area contributed by atoms with Crippen molar-refractivity contribution in [1.82, 2.24) is 5.32 Å². The van der Waals surface area contributed by atoms with Crippen LogP contribution in [0.15, 0.2) is 36.9 Å². The molecule has 1 amide bonds. The lowest BCUT2D eigenvalue weighted by molar-refractivity contribution is -0.117. The predicted octanol–water partition coefficient (Wildman–Crippen LogP) is 1.46. The molecular weight excluding hydrogens is 176 g/mol. The number of hydrogen-bond donors (Lipinski definition) is 2. The zero-order valence-electron chi connectivity index (χ0n) is 7.79. The molecule has 0 fully saturated rings. The van der Waals surface area contributed by atoms with Gasteiger partial charge in [-0.05, 0) is 6.07 Å². The van der Waals surface area contributed by atoms with E-state index in [-0.39, 0.29) is 11.9 Å². The molecule has 1 unspecified atom stereocenters. The summed E-state index contributed by atoms with van der Waals surface area (Å²) in [6, 6.07) is 7.47. The van der Waals surface area contributed by atoms with Gasteiger partial charge in [0.15, 0.2) is 0 Å². The number of benzene rings is 1. The van der Waals surface area contributed by atoms with E-state index in [0.717, 1.165) is 11.3 Å². The molecule has 0 spiro atoms. The summed E-state index contributed by atoms with van der Waals surface area (Å²) in [5, 5.41) is 5.93. The lowest BCUT2D eigenvalue weighted by Gasteiger charge is -2.08. The van der Waals surface area contributed by atoms with E-state index in [1.54, 1.807) is 6.08 Å². The van der Waals surface area contributed by atoms with Crippen LogP contribution >= 0.6 is 0 Å². The number of carbonyl (C=O) groups excluding carboxylic acids is 1. The number of fused-ring (bicyclic) bond motifs is 1. The molecule has 3 nitrogen and oxygen atoms in total. The van der Waals surface area contributed by atoms with Crippen molar-refractivity contribution in [3.05, 3.63) is 42.5 Å². The molecule has 0 saturated heterocycles. The standard InChI is InChI=1S/C11H12N2O/c1-2-7-12-10-8-5-3-4-6-9(8)13-11(10)14/h2-6,10,12H,1,7H2,(H,13,14). The maximum absolute atomic E-state index is 11.5. The lowest BCUT2D eigenvalue weighted by atomic mass is 10.1. The van der Waals surface area contributed by atoms with Gasteiger partial charge in [0.2, 0.25) is 5.91 Å². The molecular formula is C11H12N2O. The first-order chi connectivity index (χ1) is 6.83. The second-order valence-corrected chi connectivity index (χ2v) is 3.21. The highest BCUT2D eigenvalue weighted by molar-refractivity contribution is 6.02. The first-order valence-electron chi connectivity index (χ1n) is 4.57. The van der Waals surface area contributed by atoms with E-state index in [1.807, 2.05) is 24.3 Å². The first kappa shape index (κ1) is 8.97. The molecule has 1 aromatic rings. The Morgan fingerprint density at radius 2 is 2.29 bits per heavy atom. The van der Waals surface area contributed by atoms with Crippen LogP contribution in [-0.4, -0.2) is 12.5 Å². The van der Waals surface area contributed by atoms with Crippen LogP contribution in [0.4, 0.5) is 5.69 Å². The largest absolute Gasteiger partial charge is 0.324 e. The number of rotatable bonds is 3. The van der Waals surface area contributed by atoms with Crippen molar-refractivity contribution in [3.8, 4) is 0 Å². The fourth-order valence-corrected chi connectivity index (χ4v) is 1.61. The highest BCUT2D eigenvalue weighted by Crippen LogP contribution is 2.29. The normalized spacial score (nSPS) is 18.9. The number of anilines is 1. The van der Waals surface area contributed by atoms with Gasteiger partial charge in [0, 0.05) is 17.8 Å². The summed E-state index contributed by atoms with van der Waals surface area (Å²) in [6.45, 7) is 4.24. The second-order valence-electron chi connectivity index (χ2n) is 3.21. The lowest BCUT2D eigenvalue weighted by Crippen LogP contribution is -2.27. The highest BCUT2D eigenvalue weighted by atomic mass is 16.2. The Bertz CT molecular complexity index is 373. The molecule has 0 saturated carbocycles. The third-order valence-electron chi connectivity index (χ3n) is 2.26. The van der Waals surface area contributed by atoms with Gasteiger partial charge in [0.1, 0.15) is 6.04 Å². The van der Waals surface area contributed by atoms with Gasteiger partial charge in [0.25, 0.3) is 0 Å². The maximum Gasteiger partial charge on any atom is 0.246 e. The van der Waals surface area contributed by atoms with Crippen molar-refractivity contribution in [2.45, 2.75) is 6.04 Å². The van der Waals surface area contributed by atoms with Gasteiger partial charge >= 0.3 is 0 Å². The Morgan fingerprint density at radius 3 is 3.07 bits per heavy atom. The molecule has 0 aromatic heterocycles. The molecule has 2 N–H and O–H groups in total. The Balaban J connectivity index is 2.25. The smallest absolute Gasteiger partial charge is 0.246 e. The van der Waals surface area contributed by atoms with Crippen LogP contribution in [0.3, 0.4) is 0 Å². The SMILES string of the molecule is C=CCNC1C(=O)Nc2ccccc21. The van der Waals surface area contributed by atoms with Crippen LogP contribution in [0, 0.1) is 0 Å². The molecule has 72 valence electrons. The fourth-order valence-electron chi connectivity index (χ4n) is 1.61. The maximum atomic E-state index is 11.5. The number of hydrogen-bond acceptors (Lipinski definition) is 2. The summed E-state index contributed by atoms with van der Waals surface area (Å²) in [4.78, 5) is 11.5. The summed E-state index contributed by atoms with van der Waals surface area (Å²) >= 11 is 0. The average molecular weight is 188 g/mol. The van der Waals surface area contributed by atoms with Crippen LogP contribution in [-0.2, 0) is 4.79 Å². The topological polar surface area (TPSA) is 41.1 Å². The quantitative estimate of drug-likeness (QED) is 0.705. The molecule has 1 aliphatic rings. The summed E-state index contributed by atoms with van der Waals surface area (Å²) in [6.07, 6.45) is 1.74. The van der Waals surface area contributed by atoms with Crippen LogP contribution in [0.1, 0.15) is 11.6 Å². The Kier molecular flexibility index (Phi) is 2.33. The molecule has 1 heterocycles. The average Bonchev–Trinajstić information content (AvgIpc) is 2.51. The van der Waals surface area contributed by atoms with Gasteiger partial charge < -0.3 is 5.32 Å². The number of carbonyl (C=O) groups is 1. The number of para-hydroxylation sites is 1. The highest BCUT2D eigenvalue weighted by Gasteiger charge is 2.28. The third kappa shape index (κ3) is 1.42. The van der Waals surface area contributed by atoms with E-state index in [9.17, 15) is 4.79 Å². The Labute approximate surface area is 82.8 Å². The van der Waals surface area contributed by atoms with Crippen molar-refractivity contribution >= 4 is 11.6 Å². The zero-order valence-corrected chi connectivity index (χ0v) is 7.79. The van der Waals surface area contributed by atoms with Gasteiger partial charge in [-0.3, -0.25) is 10.1 Å². The summed E-state index contributed by atoms with van der Waals surface area (Å²) in [5.74, 6) is 0.00745. The molecule has 14 heavy (non-hydrogen) atoms. The van der Waals surface area contributed by atoms with E-state index in [4.69, 9.17) is 0 Å². The van der Waals surface area contributed by atoms with Crippen molar-refractivity contribution < 1.29 is 4.79 Å². The Hall–Kier alpha value is -1.61. The van der Waals surface area contributed by atoms with Crippen molar-refractivity contribution in [2.24, 2.45) is 0 Å². The number of nitrogens with one attached hydrogen (secondary N) is 2. The van der Waals surface area contributed by atoms with Crippen LogP contribution in [0.2, 0.25) is 0 Å². The van der Waals surface area contributed by atoms with Gasteiger partial charge in [0.05, 0.1) is 0 Å². The zero-order chi connectivity index (χ0) is 9.97. The predicted molar refractivity (Wildman–Crippen MR) is 56.0 cm³/mol. The summed E-state index contributed by atoms with van der Waals surface area (Å²) < 4.78 is 0. The number of amides is 1.